The Morgan fingerprint density at radius 2 is 2.22 bits per heavy atom. The number of nitrogens with zero attached hydrogens (tertiary/aromatic N) is 2. The van der Waals surface area contributed by atoms with Gasteiger partial charge in [0.1, 0.15) is 5.82 Å². The van der Waals surface area contributed by atoms with E-state index in [1.54, 1.807) is 16.9 Å². The predicted octanol–water partition coefficient (Wildman–Crippen LogP) is 3.71. The van der Waals surface area contributed by atoms with Gasteiger partial charge < -0.3 is 10.6 Å². The summed E-state index contributed by atoms with van der Waals surface area (Å²) in [6, 6.07) is 4.05. The molecule has 0 spiro atoms. The normalized spacial score (nSPS) is 19.8. The minimum absolute atomic E-state index is 0. The molecule has 0 bridgehead atoms. The molecule has 4 rings (SSSR count). The summed E-state index contributed by atoms with van der Waals surface area (Å²) in [5.74, 6) is 0.665. The van der Waals surface area contributed by atoms with Crippen molar-refractivity contribution in [1.82, 2.24) is 15.1 Å². The number of nitrogens with one attached hydrogen (secondary N) is 2. The first-order valence-corrected chi connectivity index (χ1v) is 8.00. The highest BCUT2D eigenvalue weighted by molar-refractivity contribution is 5.85. The number of aryl methyl sites for hydroxylation is 1. The van der Waals surface area contributed by atoms with Crippen LogP contribution in [0.15, 0.2) is 24.5 Å². The molecule has 1 aromatic heterocycles. The summed E-state index contributed by atoms with van der Waals surface area (Å²) in [7, 11) is 1.85. The molecule has 1 aliphatic heterocycles. The Bertz CT molecular complexity index is 696. The summed E-state index contributed by atoms with van der Waals surface area (Å²) >= 11 is 0. The van der Waals surface area contributed by atoms with E-state index >= 15 is 0 Å². The second-order valence-electron chi connectivity index (χ2n) is 6.49. The third kappa shape index (κ3) is 3.51. The lowest BCUT2D eigenvalue weighted by Crippen LogP contribution is -2.30. The van der Waals surface area contributed by atoms with Gasteiger partial charge in [0.25, 0.3) is 0 Å². The van der Waals surface area contributed by atoms with Crippen LogP contribution in [0.3, 0.4) is 0 Å². The van der Waals surface area contributed by atoms with E-state index < -0.39 is 0 Å². The van der Waals surface area contributed by atoms with Crippen LogP contribution < -0.4 is 10.6 Å². The van der Waals surface area contributed by atoms with Crippen molar-refractivity contribution in [3.05, 3.63) is 41.5 Å². The lowest BCUT2D eigenvalue weighted by atomic mass is 9.90. The number of rotatable bonds is 4. The molecule has 4 nitrogen and oxygen atoms in total. The van der Waals surface area contributed by atoms with Crippen LogP contribution in [0.5, 0.6) is 0 Å². The molecule has 0 amide bonds. The van der Waals surface area contributed by atoms with Crippen LogP contribution in [0.25, 0.3) is 0 Å². The zero-order valence-corrected chi connectivity index (χ0v) is 14.0. The van der Waals surface area contributed by atoms with Crippen molar-refractivity contribution in [2.45, 2.75) is 31.7 Å². The molecule has 23 heavy (non-hydrogen) atoms. The maximum Gasteiger partial charge on any atom is 0.146 e. The molecule has 0 saturated heterocycles. The summed E-state index contributed by atoms with van der Waals surface area (Å²) in [6.45, 7) is 0.944. The zero-order valence-electron chi connectivity index (χ0n) is 13.2. The Hall–Kier alpha value is -1.59. The Balaban J connectivity index is 0.00000156. The van der Waals surface area contributed by atoms with Crippen LogP contribution >= 0.6 is 12.4 Å². The van der Waals surface area contributed by atoms with Crippen molar-refractivity contribution in [2.24, 2.45) is 13.0 Å². The van der Waals surface area contributed by atoms with Gasteiger partial charge in [0, 0.05) is 19.3 Å². The van der Waals surface area contributed by atoms with Crippen LogP contribution in [-0.2, 0) is 13.5 Å². The molecule has 1 fully saturated rings. The van der Waals surface area contributed by atoms with Gasteiger partial charge in [-0.25, -0.2) is 4.39 Å². The van der Waals surface area contributed by atoms with E-state index in [9.17, 15) is 4.39 Å². The van der Waals surface area contributed by atoms with E-state index in [1.807, 2.05) is 19.3 Å². The number of fused-ring (bicyclic) bond motifs is 1. The highest BCUT2D eigenvalue weighted by Crippen LogP contribution is 2.40. The molecule has 2 N–H and O–H groups in total. The minimum Gasteiger partial charge on any atom is -0.351 e. The predicted molar refractivity (Wildman–Crippen MR) is 91.9 cm³/mol. The number of anilines is 2. The van der Waals surface area contributed by atoms with Crippen molar-refractivity contribution in [3.8, 4) is 0 Å². The molecule has 2 aromatic rings. The summed E-state index contributed by atoms with van der Waals surface area (Å²) in [6.07, 6.45) is 8.31. The van der Waals surface area contributed by atoms with Gasteiger partial charge in [-0.1, -0.05) is 12.8 Å². The van der Waals surface area contributed by atoms with Crippen LogP contribution in [0, 0.1) is 11.7 Å². The third-order valence-electron chi connectivity index (χ3n) is 4.64. The number of halogens is 2. The van der Waals surface area contributed by atoms with Gasteiger partial charge in [-0.05, 0) is 48.6 Å². The topological polar surface area (TPSA) is 41.9 Å². The maximum atomic E-state index is 14.4. The molecular formula is C17H22ClFN4. The van der Waals surface area contributed by atoms with E-state index in [0.717, 1.165) is 30.1 Å². The highest BCUT2D eigenvalue weighted by atomic mass is 35.5. The van der Waals surface area contributed by atoms with Crippen LogP contribution in [0.1, 0.15) is 36.4 Å². The lowest BCUT2D eigenvalue weighted by Gasteiger charge is -2.28. The van der Waals surface area contributed by atoms with E-state index in [-0.39, 0.29) is 18.2 Å². The van der Waals surface area contributed by atoms with E-state index in [1.165, 1.54) is 24.8 Å². The first-order chi connectivity index (χ1) is 10.7. The van der Waals surface area contributed by atoms with Crippen LogP contribution in [0.4, 0.5) is 15.8 Å². The summed E-state index contributed by atoms with van der Waals surface area (Å²) in [5, 5.41) is 10.9. The first kappa shape index (κ1) is 16.3. The SMILES string of the molecule is Cl.Cn1cc(Nc2cc3c(cc2F)CCNC3CC2CC2)cn1. The second kappa shape index (κ2) is 6.49. The monoisotopic (exact) mass is 336 g/mol. The lowest BCUT2D eigenvalue weighted by molar-refractivity contribution is 0.451. The average Bonchev–Trinajstić information content (AvgIpc) is 3.21. The average molecular weight is 337 g/mol. The van der Waals surface area contributed by atoms with Gasteiger partial charge in [0.2, 0.25) is 0 Å². The van der Waals surface area contributed by atoms with Crippen molar-refractivity contribution < 1.29 is 4.39 Å². The second-order valence-corrected chi connectivity index (χ2v) is 6.49. The van der Waals surface area contributed by atoms with E-state index in [0.29, 0.717) is 11.7 Å². The van der Waals surface area contributed by atoms with Gasteiger partial charge in [0.05, 0.1) is 17.6 Å². The van der Waals surface area contributed by atoms with Gasteiger partial charge in [0.15, 0.2) is 0 Å². The molecule has 2 heterocycles. The zero-order chi connectivity index (χ0) is 15.1. The van der Waals surface area contributed by atoms with Crippen LogP contribution in [0.2, 0.25) is 0 Å². The van der Waals surface area contributed by atoms with Gasteiger partial charge in [-0.3, -0.25) is 4.68 Å². The molecule has 1 unspecified atom stereocenters. The standard InChI is InChI=1S/C17H21FN4.ClH/c1-22-10-13(9-20-22)21-17-8-14-12(7-15(17)18)4-5-19-16(14)6-11-2-3-11;/h7-11,16,19,21H,2-6H2,1H3;1H. The molecule has 124 valence electrons. The number of hydrogen-bond acceptors (Lipinski definition) is 3. The summed E-state index contributed by atoms with van der Waals surface area (Å²) in [4.78, 5) is 0. The molecular weight excluding hydrogens is 315 g/mol. The fourth-order valence-electron chi connectivity index (χ4n) is 3.30. The third-order valence-corrected chi connectivity index (χ3v) is 4.64. The van der Waals surface area contributed by atoms with Crippen molar-refractivity contribution in [2.75, 3.05) is 11.9 Å². The maximum absolute atomic E-state index is 14.4. The summed E-state index contributed by atoms with van der Waals surface area (Å²) in [5.41, 5.74) is 3.75. The Kier molecular flexibility index (Phi) is 4.60. The largest absolute Gasteiger partial charge is 0.351 e. The fourth-order valence-corrected chi connectivity index (χ4v) is 3.30. The fraction of sp³-hybridized carbons (Fsp3) is 0.471. The van der Waals surface area contributed by atoms with E-state index in [2.05, 4.69) is 15.7 Å². The minimum atomic E-state index is -0.185. The molecule has 1 atom stereocenters. The molecule has 1 saturated carbocycles. The smallest absolute Gasteiger partial charge is 0.146 e. The molecule has 1 aliphatic carbocycles. The van der Waals surface area contributed by atoms with Crippen molar-refractivity contribution >= 4 is 23.8 Å². The summed E-state index contributed by atoms with van der Waals surface area (Å²) < 4.78 is 16.1. The Morgan fingerprint density at radius 1 is 1.39 bits per heavy atom. The van der Waals surface area contributed by atoms with Gasteiger partial charge in [-0.15, -0.1) is 12.4 Å². The van der Waals surface area contributed by atoms with Crippen LogP contribution in [-0.4, -0.2) is 16.3 Å². The molecule has 0 radical (unpaired) electrons. The first-order valence-electron chi connectivity index (χ1n) is 8.00. The molecule has 6 heteroatoms. The number of benzene rings is 1. The number of hydrogen-bond donors (Lipinski definition) is 2. The quantitative estimate of drug-likeness (QED) is 0.894. The van der Waals surface area contributed by atoms with E-state index in [4.69, 9.17) is 0 Å². The molecule has 2 aliphatic rings. The van der Waals surface area contributed by atoms with Crippen molar-refractivity contribution in [1.29, 1.82) is 0 Å². The Labute approximate surface area is 141 Å². The van der Waals surface area contributed by atoms with Crippen molar-refractivity contribution in [3.63, 3.8) is 0 Å². The highest BCUT2D eigenvalue weighted by Gasteiger charge is 2.29. The Morgan fingerprint density at radius 3 is 2.91 bits per heavy atom. The molecule has 1 aromatic carbocycles. The van der Waals surface area contributed by atoms with Gasteiger partial charge >= 0.3 is 0 Å². The number of aromatic nitrogens is 2. The van der Waals surface area contributed by atoms with Gasteiger partial charge in [-0.2, -0.15) is 5.10 Å².